The maximum atomic E-state index is 11.5. The fourth-order valence-corrected chi connectivity index (χ4v) is 5.30. The fraction of sp³-hybridized carbons (Fsp3) is 0.667. The zero-order valence-corrected chi connectivity index (χ0v) is 31.6. The second-order valence-electron chi connectivity index (χ2n) is 10.2. The van der Waals surface area contributed by atoms with Crippen LogP contribution in [0.15, 0.2) is 24.3 Å². The van der Waals surface area contributed by atoms with Crippen molar-refractivity contribution in [2.24, 2.45) is 29.4 Å². The molecule has 4 rings (SSSR count). The van der Waals surface area contributed by atoms with Crippen molar-refractivity contribution in [3.8, 4) is 0 Å². The highest BCUT2D eigenvalue weighted by Crippen LogP contribution is 2.31. The van der Waals surface area contributed by atoms with Crippen LogP contribution in [0.25, 0.3) is 0 Å². The Kier molecular flexibility index (Phi) is 26.8. The summed E-state index contributed by atoms with van der Waals surface area (Å²) in [7, 11) is 6.59. The Labute approximate surface area is 296 Å². The van der Waals surface area contributed by atoms with Gasteiger partial charge in [-0.15, -0.1) is 0 Å². The van der Waals surface area contributed by atoms with Crippen molar-refractivity contribution in [3.05, 3.63) is 24.3 Å². The van der Waals surface area contributed by atoms with Crippen LogP contribution < -0.4 is 11.1 Å². The van der Waals surface area contributed by atoms with E-state index in [0.717, 1.165) is 51.4 Å². The maximum Gasteiger partial charge on any atom is 0.253 e. The zero-order chi connectivity index (χ0) is 32.9. The molecule has 3 N–H and O–H groups in total. The number of imide groups is 2. The van der Waals surface area contributed by atoms with Gasteiger partial charge in [0.2, 0.25) is 5.91 Å². The molecule has 14 heteroatoms. The molecule has 0 bridgehead atoms. The Balaban J connectivity index is 0. The lowest BCUT2D eigenvalue weighted by Crippen LogP contribution is -2.37. The number of hydrogen-bond acceptors (Lipinski definition) is 9. The van der Waals surface area contributed by atoms with E-state index in [2.05, 4.69) is 53.5 Å². The van der Waals surface area contributed by atoms with Gasteiger partial charge >= 0.3 is 0 Å². The molecule has 0 atom stereocenters. The smallest absolute Gasteiger partial charge is 0.253 e. The molecule has 2 fully saturated rings. The number of carbonyl (C=O) groups excluding carboxylic acids is 6. The van der Waals surface area contributed by atoms with Gasteiger partial charge in [-0.2, -0.15) is 0 Å². The monoisotopic (exact) mass is 880 g/mol. The van der Waals surface area contributed by atoms with Crippen LogP contribution in [0.5, 0.6) is 0 Å². The van der Waals surface area contributed by atoms with Crippen molar-refractivity contribution >= 4 is 95.6 Å². The molecular formula is C30H50I2N4O6S2. The fourth-order valence-electron chi connectivity index (χ4n) is 5.30. The Morgan fingerprint density at radius 2 is 1.00 bits per heavy atom. The number of carbonyl (C=O) groups is 6. The molecule has 10 nitrogen and oxygen atoms in total. The molecule has 0 aromatic carbocycles. The SMILES string of the molecule is C.CC(=O)C1CCC(CN2C(=O)C=CC2=O)CC1.CN.CNC(=O)C1CCC(CN2C(=O)C=CC2=O)CC1.CSI.CSI. The highest BCUT2D eigenvalue weighted by atomic mass is 127. The molecule has 252 valence electrons. The Bertz CT molecular complexity index is 945. The van der Waals surface area contributed by atoms with Gasteiger partial charge in [-0.05, 0) is 132 Å². The van der Waals surface area contributed by atoms with Crippen molar-refractivity contribution in [2.45, 2.75) is 65.7 Å². The van der Waals surface area contributed by atoms with E-state index in [1.165, 1.54) is 41.2 Å². The predicted octanol–water partition coefficient (Wildman–Crippen LogP) is 5.38. The van der Waals surface area contributed by atoms with Crippen LogP contribution in [0.1, 0.15) is 65.7 Å². The molecule has 0 aromatic rings. The van der Waals surface area contributed by atoms with Crippen LogP contribution in [0.4, 0.5) is 0 Å². The number of Topliss-reactive ketones (excluding diaryl/α,β-unsaturated/α-hetero) is 1. The summed E-state index contributed by atoms with van der Waals surface area (Å²) in [5, 5.41) is 2.67. The Morgan fingerprint density at radius 1 is 0.727 bits per heavy atom. The van der Waals surface area contributed by atoms with Gasteiger partial charge in [0.25, 0.3) is 23.6 Å². The van der Waals surface area contributed by atoms with E-state index < -0.39 is 0 Å². The largest absolute Gasteiger partial charge is 0.359 e. The summed E-state index contributed by atoms with van der Waals surface area (Å²) in [6.07, 6.45) is 16.5. The number of amides is 5. The van der Waals surface area contributed by atoms with E-state index in [4.69, 9.17) is 0 Å². The van der Waals surface area contributed by atoms with Crippen LogP contribution >= 0.6 is 60.3 Å². The predicted molar refractivity (Wildman–Crippen MR) is 199 cm³/mol. The standard InChI is InChI=1S/C13H18N2O3.C13H17NO3.2CH3IS.CH5N.CH4/c1-14-13(18)10-4-2-9(3-5-10)8-15-11(16)6-7-12(15)17;1-9(15)11-4-2-10(3-5-11)8-14-12(16)6-7-13(14)17;2*1-3-2;1-2;/h6-7,9-10H,2-5,8H2,1H3,(H,14,18);6-7,10-11H,2-5,8H2,1H3;2*1H3;2H2,1H3;1H4. The first-order valence-electron chi connectivity index (χ1n) is 14.2. The van der Waals surface area contributed by atoms with Crippen LogP contribution in [0, 0.1) is 23.7 Å². The molecule has 44 heavy (non-hydrogen) atoms. The maximum absolute atomic E-state index is 11.5. The van der Waals surface area contributed by atoms with Gasteiger partial charge in [-0.1, -0.05) is 25.3 Å². The highest BCUT2D eigenvalue weighted by molar-refractivity contribution is 14.2. The van der Waals surface area contributed by atoms with E-state index >= 15 is 0 Å². The molecule has 5 amide bonds. The lowest BCUT2D eigenvalue weighted by Gasteiger charge is -2.29. The molecule has 0 saturated heterocycles. The van der Waals surface area contributed by atoms with E-state index in [1.807, 2.05) is 12.5 Å². The summed E-state index contributed by atoms with van der Waals surface area (Å²) >= 11 is 4.41. The summed E-state index contributed by atoms with van der Waals surface area (Å²) < 4.78 is 0. The molecule has 4 aliphatic rings. The minimum atomic E-state index is -0.214. The van der Waals surface area contributed by atoms with Gasteiger partial charge in [0.05, 0.1) is 0 Å². The first-order valence-corrected chi connectivity index (χ1v) is 21.7. The van der Waals surface area contributed by atoms with Gasteiger partial charge in [0, 0.05) is 56.3 Å². The number of nitrogens with two attached hydrogens (primary N) is 1. The van der Waals surface area contributed by atoms with Crippen molar-refractivity contribution in [1.29, 1.82) is 0 Å². The minimum absolute atomic E-state index is 0. The van der Waals surface area contributed by atoms with Crippen molar-refractivity contribution < 1.29 is 28.8 Å². The molecule has 0 unspecified atom stereocenters. The van der Waals surface area contributed by atoms with Crippen LogP contribution in [0.3, 0.4) is 0 Å². The third kappa shape index (κ3) is 16.5. The molecule has 2 saturated carbocycles. The Morgan fingerprint density at radius 3 is 1.25 bits per heavy atom. The number of nitrogens with zero attached hydrogens (tertiary/aromatic N) is 2. The summed E-state index contributed by atoms with van der Waals surface area (Å²) in [6, 6.07) is 0. The molecule has 2 aliphatic heterocycles. The summed E-state index contributed by atoms with van der Waals surface area (Å²) in [6.45, 7) is 2.64. The third-order valence-electron chi connectivity index (χ3n) is 7.57. The van der Waals surface area contributed by atoms with E-state index in [-0.39, 0.29) is 54.6 Å². The first-order chi connectivity index (χ1) is 20.5. The van der Waals surface area contributed by atoms with E-state index in [0.29, 0.717) is 24.9 Å². The van der Waals surface area contributed by atoms with E-state index in [1.54, 1.807) is 31.8 Å². The average Bonchev–Trinajstić information content (AvgIpc) is 3.50. The quantitative estimate of drug-likeness (QED) is 0.265. The molecule has 0 aromatic heterocycles. The number of nitrogens with one attached hydrogen (secondary N) is 1. The number of rotatable bonds is 6. The normalized spacial score (nSPS) is 23.5. The topological polar surface area (TPSA) is 147 Å². The third-order valence-corrected chi connectivity index (χ3v) is 7.57. The molecule has 2 heterocycles. The number of hydrogen-bond donors (Lipinski definition) is 2. The van der Waals surface area contributed by atoms with Crippen LogP contribution in [-0.2, 0) is 28.8 Å². The zero-order valence-electron chi connectivity index (χ0n) is 25.7. The summed E-state index contributed by atoms with van der Waals surface area (Å²) in [4.78, 5) is 71.0. The number of ketones is 1. The van der Waals surface area contributed by atoms with Crippen LogP contribution in [-0.4, -0.2) is 84.8 Å². The second kappa shape index (κ2) is 26.1. The number of halogens is 2. The molecule has 2 aliphatic carbocycles. The summed E-state index contributed by atoms with van der Waals surface area (Å²) in [5.74, 6) is 0.497. The Hall–Kier alpha value is -0.980. The van der Waals surface area contributed by atoms with Crippen molar-refractivity contribution in [3.63, 3.8) is 0 Å². The highest BCUT2D eigenvalue weighted by Gasteiger charge is 2.31. The van der Waals surface area contributed by atoms with Gasteiger partial charge < -0.3 is 11.1 Å². The second-order valence-corrected chi connectivity index (χ2v) is 16.1. The lowest BCUT2D eigenvalue weighted by atomic mass is 9.80. The van der Waals surface area contributed by atoms with E-state index in [9.17, 15) is 28.8 Å². The molecule has 0 spiro atoms. The molecular weight excluding hydrogens is 830 g/mol. The van der Waals surface area contributed by atoms with Crippen molar-refractivity contribution in [1.82, 2.24) is 15.1 Å². The van der Waals surface area contributed by atoms with Gasteiger partial charge in [-0.25, -0.2) is 0 Å². The minimum Gasteiger partial charge on any atom is -0.359 e. The molecule has 0 radical (unpaired) electrons. The van der Waals surface area contributed by atoms with Crippen molar-refractivity contribution in [2.75, 3.05) is 39.7 Å². The summed E-state index contributed by atoms with van der Waals surface area (Å²) in [5.41, 5.74) is 4.50. The van der Waals surface area contributed by atoms with Gasteiger partial charge in [0.1, 0.15) is 5.78 Å². The van der Waals surface area contributed by atoms with Crippen LogP contribution in [0.2, 0.25) is 0 Å². The first kappa shape index (κ1) is 45.1. The van der Waals surface area contributed by atoms with Gasteiger partial charge in [0.15, 0.2) is 0 Å². The van der Waals surface area contributed by atoms with Gasteiger partial charge in [-0.3, -0.25) is 38.6 Å². The lowest BCUT2D eigenvalue weighted by molar-refractivity contribution is -0.139. The average molecular weight is 881 g/mol.